The minimum absolute atomic E-state index is 0.702. The van der Waals surface area contributed by atoms with Gasteiger partial charge >= 0.3 is 0 Å². The van der Waals surface area contributed by atoms with Crippen molar-refractivity contribution >= 4 is 15.9 Å². The van der Waals surface area contributed by atoms with Crippen molar-refractivity contribution < 1.29 is 0 Å². The average molecular weight is 257 g/mol. The first kappa shape index (κ1) is 10.2. The second-order valence-corrected chi connectivity index (χ2v) is 5.40. The maximum Gasteiger partial charge on any atom is 0.108 e. The first-order valence-electron chi connectivity index (χ1n) is 5.37. The standard InChI is InChI=1S/C11H17BrN2/c1-14-7-6-13-11(14)8-9-4-2-3-5-10(9)12/h6-7,9-10H,2-5,8H2,1H3. The van der Waals surface area contributed by atoms with E-state index in [9.17, 15) is 0 Å². The van der Waals surface area contributed by atoms with E-state index in [-0.39, 0.29) is 0 Å². The maximum absolute atomic E-state index is 4.39. The van der Waals surface area contributed by atoms with E-state index < -0.39 is 0 Å². The Labute approximate surface area is 93.9 Å². The highest BCUT2D eigenvalue weighted by Gasteiger charge is 2.23. The van der Waals surface area contributed by atoms with E-state index in [1.807, 2.05) is 12.4 Å². The van der Waals surface area contributed by atoms with Crippen LogP contribution in [0.1, 0.15) is 31.5 Å². The molecule has 0 aromatic carbocycles. The molecule has 1 saturated carbocycles. The fraction of sp³-hybridized carbons (Fsp3) is 0.727. The average Bonchev–Trinajstić information content (AvgIpc) is 2.56. The van der Waals surface area contributed by atoms with Crippen LogP contribution in [-0.2, 0) is 13.5 Å². The molecule has 0 amide bonds. The number of nitrogens with zero attached hydrogens (tertiary/aromatic N) is 2. The van der Waals surface area contributed by atoms with E-state index in [4.69, 9.17) is 0 Å². The van der Waals surface area contributed by atoms with Gasteiger partial charge in [0.15, 0.2) is 0 Å². The van der Waals surface area contributed by atoms with Crippen molar-refractivity contribution in [2.45, 2.75) is 36.9 Å². The molecule has 1 aromatic heterocycles. The Balaban J connectivity index is 1.99. The van der Waals surface area contributed by atoms with Crippen LogP contribution in [0.3, 0.4) is 0 Å². The number of halogens is 1. The quantitative estimate of drug-likeness (QED) is 0.745. The molecule has 14 heavy (non-hydrogen) atoms. The van der Waals surface area contributed by atoms with Crippen LogP contribution in [0.5, 0.6) is 0 Å². The van der Waals surface area contributed by atoms with Gasteiger partial charge in [-0.2, -0.15) is 0 Å². The van der Waals surface area contributed by atoms with Crippen molar-refractivity contribution in [3.05, 3.63) is 18.2 Å². The van der Waals surface area contributed by atoms with Gasteiger partial charge in [-0.3, -0.25) is 0 Å². The molecule has 0 N–H and O–H groups in total. The zero-order chi connectivity index (χ0) is 9.97. The molecule has 1 aliphatic carbocycles. The first-order valence-corrected chi connectivity index (χ1v) is 6.29. The van der Waals surface area contributed by atoms with Gasteiger partial charge in [0.1, 0.15) is 5.82 Å². The van der Waals surface area contributed by atoms with E-state index >= 15 is 0 Å². The topological polar surface area (TPSA) is 17.8 Å². The third-order valence-corrected chi connectivity index (χ3v) is 4.39. The summed E-state index contributed by atoms with van der Waals surface area (Å²) < 4.78 is 2.13. The molecular formula is C11H17BrN2. The molecule has 0 spiro atoms. The molecule has 1 fully saturated rings. The smallest absolute Gasteiger partial charge is 0.108 e. The van der Waals surface area contributed by atoms with Gasteiger partial charge < -0.3 is 4.57 Å². The summed E-state index contributed by atoms with van der Waals surface area (Å²) in [6, 6.07) is 0. The van der Waals surface area contributed by atoms with Crippen molar-refractivity contribution in [3.63, 3.8) is 0 Å². The fourth-order valence-electron chi connectivity index (χ4n) is 2.22. The van der Waals surface area contributed by atoms with Gasteiger partial charge in [-0.25, -0.2) is 4.98 Å². The maximum atomic E-state index is 4.39. The Bertz CT molecular complexity index is 295. The molecule has 1 aromatic rings. The normalized spacial score (nSPS) is 27.9. The molecular weight excluding hydrogens is 240 g/mol. The number of alkyl halides is 1. The summed E-state index contributed by atoms with van der Waals surface area (Å²) in [6.45, 7) is 0. The van der Waals surface area contributed by atoms with E-state index in [0.717, 1.165) is 12.3 Å². The van der Waals surface area contributed by atoms with Gasteiger partial charge in [-0.15, -0.1) is 0 Å². The van der Waals surface area contributed by atoms with Crippen LogP contribution in [0.4, 0.5) is 0 Å². The van der Waals surface area contributed by atoms with Gasteiger partial charge in [0.05, 0.1) is 0 Å². The number of hydrogen-bond acceptors (Lipinski definition) is 1. The molecule has 0 aliphatic heterocycles. The molecule has 0 bridgehead atoms. The van der Waals surface area contributed by atoms with Crippen molar-refractivity contribution in [3.8, 4) is 0 Å². The van der Waals surface area contributed by atoms with Crippen LogP contribution in [0.15, 0.2) is 12.4 Å². The van der Waals surface area contributed by atoms with Crippen molar-refractivity contribution in [2.75, 3.05) is 0 Å². The Morgan fingerprint density at radius 1 is 1.50 bits per heavy atom. The molecule has 0 radical (unpaired) electrons. The van der Waals surface area contributed by atoms with Gasteiger partial charge in [0.25, 0.3) is 0 Å². The lowest BCUT2D eigenvalue weighted by Gasteiger charge is -2.26. The van der Waals surface area contributed by atoms with E-state index in [1.54, 1.807) is 0 Å². The van der Waals surface area contributed by atoms with E-state index in [1.165, 1.54) is 31.5 Å². The monoisotopic (exact) mass is 256 g/mol. The summed E-state index contributed by atoms with van der Waals surface area (Å²) in [7, 11) is 2.08. The summed E-state index contributed by atoms with van der Waals surface area (Å²) >= 11 is 3.79. The molecule has 2 nitrogen and oxygen atoms in total. The molecule has 0 saturated heterocycles. The predicted octanol–water partition coefficient (Wildman–Crippen LogP) is 2.92. The van der Waals surface area contributed by atoms with Crippen LogP contribution < -0.4 is 0 Å². The summed E-state index contributed by atoms with van der Waals surface area (Å²) in [5.74, 6) is 2.01. The van der Waals surface area contributed by atoms with Crippen LogP contribution >= 0.6 is 15.9 Å². The van der Waals surface area contributed by atoms with Gasteiger partial charge in [0, 0.05) is 30.7 Å². The summed E-state index contributed by atoms with van der Waals surface area (Å²) in [4.78, 5) is 5.09. The molecule has 3 heteroatoms. The van der Waals surface area contributed by atoms with Gasteiger partial charge in [-0.1, -0.05) is 28.8 Å². The van der Waals surface area contributed by atoms with E-state index in [2.05, 4.69) is 32.5 Å². The number of aromatic nitrogens is 2. The third kappa shape index (κ3) is 2.19. The SMILES string of the molecule is Cn1ccnc1CC1CCCCC1Br. The minimum Gasteiger partial charge on any atom is -0.338 e. The van der Waals surface area contributed by atoms with Crippen LogP contribution in [0, 0.1) is 5.92 Å². The lowest BCUT2D eigenvalue weighted by Crippen LogP contribution is -2.22. The molecule has 2 rings (SSSR count). The number of imidazole rings is 1. The number of rotatable bonds is 2. The lowest BCUT2D eigenvalue weighted by molar-refractivity contribution is 0.365. The van der Waals surface area contributed by atoms with Crippen molar-refractivity contribution in [2.24, 2.45) is 13.0 Å². The van der Waals surface area contributed by atoms with Gasteiger partial charge in [0.2, 0.25) is 0 Å². The second kappa shape index (κ2) is 4.47. The molecule has 2 unspecified atom stereocenters. The largest absolute Gasteiger partial charge is 0.338 e. The highest BCUT2D eigenvalue weighted by atomic mass is 79.9. The predicted molar refractivity (Wildman–Crippen MR) is 61.6 cm³/mol. The second-order valence-electron chi connectivity index (χ2n) is 4.22. The zero-order valence-corrected chi connectivity index (χ0v) is 10.2. The molecule has 1 heterocycles. The zero-order valence-electron chi connectivity index (χ0n) is 8.62. The van der Waals surface area contributed by atoms with E-state index in [0.29, 0.717) is 4.83 Å². The van der Waals surface area contributed by atoms with Crippen LogP contribution in [0.25, 0.3) is 0 Å². The van der Waals surface area contributed by atoms with Crippen LogP contribution in [0.2, 0.25) is 0 Å². The molecule has 1 aliphatic rings. The van der Waals surface area contributed by atoms with Crippen molar-refractivity contribution in [1.29, 1.82) is 0 Å². The fourth-order valence-corrected chi connectivity index (χ4v) is 3.00. The summed E-state index contributed by atoms with van der Waals surface area (Å²) in [5.41, 5.74) is 0. The Kier molecular flexibility index (Phi) is 3.26. The van der Waals surface area contributed by atoms with Crippen LogP contribution in [-0.4, -0.2) is 14.4 Å². The minimum atomic E-state index is 0.702. The number of hydrogen-bond donors (Lipinski definition) is 0. The Morgan fingerprint density at radius 3 is 2.93 bits per heavy atom. The van der Waals surface area contributed by atoms with Gasteiger partial charge in [-0.05, 0) is 18.8 Å². The Hall–Kier alpha value is -0.310. The lowest BCUT2D eigenvalue weighted by atomic mass is 9.86. The highest BCUT2D eigenvalue weighted by Crippen LogP contribution is 2.31. The highest BCUT2D eigenvalue weighted by molar-refractivity contribution is 9.09. The third-order valence-electron chi connectivity index (χ3n) is 3.18. The van der Waals surface area contributed by atoms with Crippen molar-refractivity contribution in [1.82, 2.24) is 9.55 Å². The summed E-state index contributed by atoms with van der Waals surface area (Å²) in [5, 5.41) is 0. The first-order chi connectivity index (χ1) is 6.77. The molecule has 2 atom stereocenters. The molecule has 78 valence electrons. The summed E-state index contributed by atoms with van der Waals surface area (Å²) in [6.07, 6.45) is 10.5. The Morgan fingerprint density at radius 2 is 2.29 bits per heavy atom. The number of aryl methyl sites for hydroxylation is 1.